The first-order valence-corrected chi connectivity index (χ1v) is 6.15. The van der Waals surface area contributed by atoms with E-state index in [1.54, 1.807) is 0 Å². The fourth-order valence-corrected chi connectivity index (χ4v) is 1.76. The lowest BCUT2D eigenvalue weighted by Crippen LogP contribution is -2.30. The molecule has 0 bridgehead atoms. The minimum atomic E-state index is -1.05. The van der Waals surface area contributed by atoms with Crippen molar-refractivity contribution < 1.29 is 19.4 Å². The minimum Gasteiger partial charge on any atom is -0.494 e. The number of hydrogen-bond acceptors (Lipinski definition) is 3. The molecule has 0 saturated heterocycles. The van der Waals surface area contributed by atoms with Crippen LogP contribution in [0, 0.1) is 13.8 Å². The number of carboxylic acids is 1. The smallest absolute Gasteiger partial charge is 0.322 e. The summed E-state index contributed by atoms with van der Waals surface area (Å²) in [5.74, 6) is -0.531. The molecule has 1 amide bonds. The third kappa shape index (κ3) is 4.62. The van der Waals surface area contributed by atoms with Crippen molar-refractivity contribution in [2.75, 3.05) is 13.2 Å². The molecule has 1 rings (SSSR count). The molecule has 0 unspecified atom stereocenters. The molecule has 0 aliphatic heterocycles. The van der Waals surface area contributed by atoms with Gasteiger partial charge in [0.15, 0.2) is 0 Å². The maximum absolute atomic E-state index is 11.6. The molecule has 2 N–H and O–H groups in total. The summed E-state index contributed by atoms with van der Waals surface area (Å²) in [7, 11) is 0. The van der Waals surface area contributed by atoms with Gasteiger partial charge in [0.2, 0.25) is 5.91 Å². The Bertz CT molecular complexity index is 483. The van der Waals surface area contributed by atoms with Crippen molar-refractivity contribution in [1.82, 2.24) is 5.32 Å². The fraction of sp³-hybridized carbons (Fsp3) is 0.429. The maximum atomic E-state index is 11.6. The third-order valence-corrected chi connectivity index (χ3v) is 2.72. The van der Waals surface area contributed by atoms with E-state index >= 15 is 0 Å². The van der Waals surface area contributed by atoms with Gasteiger partial charge in [0.1, 0.15) is 12.3 Å². The molecule has 1 aromatic rings. The molecule has 0 saturated carbocycles. The Morgan fingerprint density at radius 1 is 1.26 bits per heavy atom. The van der Waals surface area contributed by atoms with Crippen molar-refractivity contribution in [3.63, 3.8) is 0 Å². The molecule has 1 aromatic carbocycles. The van der Waals surface area contributed by atoms with E-state index in [4.69, 9.17) is 9.84 Å². The van der Waals surface area contributed by atoms with Crippen molar-refractivity contribution in [3.05, 3.63) is 28.8 Å². The largest absolute Gasteiger partial charge is 0.494 e. The van der Waals surface area contributed by atoms with Crippen molar-refractivity contribution >= 4 is 11.9 Å². The summed E-state index contributed by atoms with van der Waals surface area (Å²) in [4.78, 5) is 21.9. The molecule has 0 aromatic heterocycles. The van der Waals surface area contributed by atoms with E-state index < -0.39 is 5.97 Å². The lowest BCUT2D eigenvalue weighted by molar-refractivity contribution is -0.137. The Morgan fingerprint density at radius 3 is 2.53 bits per heavy atom. The van der Waals surface area contributed by atoms with Gasteiger partial charge in [-0.2, -0.15) is 0 Å². The van der Waals surface area contributed by atoms with E-state index in [2.05, 4.69) is 5.32 Å². The summed E-state index contributed by atoms with van der Waals surface area (Å²) in [5.41, 5.74) is 2.80. The number of aliphatic carboxylic acids is 1. The van der Waals surface area contributed by atoms with Gasteiger partial charge in [-0.3, -0.25) is 9.59 Å². The highest BCUT2D eigenvalue weighted by molar-refractivity contribution is 5.83. The van der Waals surface area contributed by atoms with Gasteiger partial charge in [0, 0.05) is 0 Å². The Kier molecular flexibility index (Phi) is 5.36. The average molecular weight is 265 g/mol. The number of nitrogens with one attached hydrogen (secondary N) is 1. The summed E-state index contributed by atoms with van der Waals surface area (Å²) in [6.45, 7) is 5.99. The molecule has 0 radical (unpaired) electrons. The molecule has 19 heavy (non-hydrogen) atoms. The lowest BCUT2D eigenvalue weighted by atomic mass is 10.0. The highest BCUT2D eigenvalue weighted by atomic mass is 16.5. The SMILES string of the molecule is CCOc1cc(C)c(CC(=O)NCC(=O)O)cc1C. The molecule has 0 heterocycles. The van der Waals surface area contributed by atoms with Gasteiger partial charge in [-0.15, -0.1) is 0 Å². The van der Waals surface area contributed by atoms with Crippen LogP contribution in [0.1, 0.15) is 23.6 Å². The molecule has 0 aliphatic rings. The first kappa shape index (κ1) is 15.0. The second-order valence-corrected chi connectivity index (χ2v) is 4.32. The average Bonchev–Trinajstić information content (AvgIpc) is 2.33. The second-order valence-electron chi connectivity index (χ2n) is 4.32. The number of benzene rings is 1. The lowest BCUT2D eigenvalue weighted by Gasteiger charge is -2.12. The molecule has 0 fully saturated rings. The molecular formula is C14H19NO4. The van der Waals surface area contributed by atoms with Gasteiger partial charge >= 0.3 is 5.97 Å². The van der Waals surface area contributed by atoms with E-state index in [1.165, 1.54) is 0 Å². The van der Waals surface area contributed by atoms with Gasteiger partial charge in [-0.25, -0.2) is 0 Å². The molecule has 5 nitrogen and oxygen atoms in total. The summed E-state index contributed by atoms with van der Waals surface area (Å²) in [5, 5.41) is 10.8. The number of rotatable bonds is 6. The topological polar surface area (TPSA) is 75.6 Å². The summed E-state index contributed by atoms with van der Waals surface area (Å²) in [6.07, 6.45) is 0.173. The Balaban J connectivity index is 2.76. The standard InChI is InChI=1S/C14H19NO4/c1-4-19-12-6-9(2)11(5-10(12)3)7-13(16)15-8-14(17)18/h5-6H,4,7-8H2,1-3H3,(H,15,16)(H,17,18). The van der Waals surface area contributed by atoms with Crippen molar-refractivity contribution in [1.29, 1.82) is 0 Å². The first-order valence-electron chi connectivity index (χ1n) is 6.15. The number of carboxylic acid groups (broad SMARTS) is 1. The number of carbonyl (C=O) groups is 2. The zero-order chi connectivity index (χ0) is 14.4. The van der Waals surface area contributed by atoms with Crippen LogP contribution in [0.15, 0.2) is 12.1 Å². The normalized spacial score (nSPS) is 10.1. The predicted molar refractivity (Wildman–Crippen MR) is 71.4 cm³/mol. The third-order valence-electron chi connectivity index (χ3n) is 2.72. The zero-order valence-electron chi connectivity index (χ0n) is 11.4. The van der Waals surface area contributed by atoms with Crippen LogP contribution in [-0.2, 0) is 16.0 Å². The van der Waals surface area contributed by atoms with Crippen LogP contribution in [0.3, 0.4) is 0 Å². The first-order chi connectivity index (χ1) is 8.93. The van der Waals surface area contributed by atoms with Crippen LogP contribution < -0.4 is 10.1 Å². The second kappa shape index (κ2) is 6.78. The van der Waals surface area contributed by atoms with E-state index in [1.807, 2.05) is 32.9 Å². The van der Waals surface area contributed by atoms with Crippen molar-refractivity contribution in [2.45, 2.75) is 27.2 Å². The summed E-state index contributed by atoms with van der Waals surface area (Å²) >= 11 is 0. The van der Waals surface area contributed by atoms with E-state index in [-0.39, 0.29) is 18.9 Å². The van der Waals surface area contributed by atoms with Crippen molar-refractivity contribution in [2.24, 2.45) is 0 Å². The zero-order valence-corrected chi connectivity index (χ0v) is 11.4. The van der Waals surface area contributed by atoms with E-state index in [0.717, 1.165) is 22.4 Å². The van der Waals surface area contributed by atoms with Gasteiger partial charge in [0.05, 0.1) is 13.0 Å². The van der Waals surface area contributed by atoms with Crippen LogP contribution in [0.2, 0.25) is 0 Å². The molecular weight excluding hydrogens is 246 g/mol. The Hall–Kier alpha value is -2.04. The van der Waals surface area contributed by atoms with Crippen LogP contribution >= 0.6 is 0 Å². The quantitative estimate of drug-likeness (QED) is 0.816. The van der Waals surface area contributed by atoms with E-state index in [9.17, 15) is 9.59 Å². The molecule has 104 valence electrons. The number of ether oxygens (including phenoxy) is 1. The van der Waals surface area contributed by atoms with Crippen LogP contribution in [0.4, 0.5) is 0 Å². The highest BCUT2D eigenvalue weighted by Gasteiger charge is 2.10. The van der Waals surface area contributed by atoms with Crippen LogP contribution in [0.5, 0.6) is 5.75 Å². The monoisotopic (exact) mass is 265 g/mol. The van der Waals surface area contributed by atoms with E-state index in [0.29, 0.717) is 6.61 Å². The molecule has 0 spiro atoms. The number of amides is 1. The fourth-order valence-electron chi connectivity index (χ4n) is 1.76. The maximum Gasteiger partial charge on any atom is 0.322 e. The van der Waals surface area contributed by atoms with Gasteiger partial charge in [-0.1, -0.05) is 6.07 Å². The van der Waals surface area contributed by atoms with Gasteiger partial charge in [-0.05, 0) is 43.5 Å². The van der Waals surface area contributed by atoms with Gasteiger partial charge < -0.3 is 15.2 Å². The van der Waals surface area contributed by atoms with Crippen LogP contribution in [-0.4, -0.2) is 30.1 Å². The summed E-state index contributed by atoms with van der Waals surface area (Å²) in [6, 6.07) is 3.80. The number of carbonyl (C=O) groups excluding carboxylic acids is 1. The summed E-state index contributed by atoms with van der Waals surface area (Å²) < 4.78 is 5.48. The number of hydrogen-bond donors (Lipinski definition) is 2. The Labute approximate surface area is 112 Å². The molecule has 0 aliphatic carbocycles. The Morgan fingerprint density at radius 2 is 1.95 bits per heavy atom. The predicted octanol–water partition coefficient (Wildman–Crippen LogP) is 1.45. The van der Waals surface area contributed by atoms with Crippen molar-refractivity contribution in [3.8, 4) is 5.75 Å². The molecule has 0 atom stereocenters. The van der Waals surface area contributed by atoms with Gasteiger partial charge in [0.25, 0.3) is 0 Å². The van der Waals surface area contributed by atoms with Crippen LogP contribution in [0.25, 0.3) is 0 Å². The highest BCUT2D eigenvalue weighted by Crippen LogP contribution is 2.23. The minimum absolute atomic E-state index is 0.173. The molecule has 5 heteroatoms. The number of aryl methyl sites for hydroxylation is 2.